The maximum Gasteiger partial charge on any atom is 0.136 e. The van der Waals surface area contributed by atoms with Crippen LogP contribution in [0, 0.1) is 23.2 Å². The summed E-state index contributed by atoms with van der Waals surface area (Å²) < 4.78 is 0. The highest BCUT2D eigenvalue weighted by Gasteiger charge is 2.32. The average Bonchev–Trinajstić information content (AvgIpc) is 2.42. The van der Waals surface area contributed by atoms with E-state index in [0.717, 1.165) is 25.2 Å². The number of unbranched alkanes of at least 4 members (excludes halogenated alkanes) is 1. The zero-order chi connectivity index (χ0) is 15.2. The summed E-state index contributed by atoms with van der Waals surface area (Å²) in [6, 6.07) is 0. The second kappa shape index (κ2) is 8.20. The lowest BCUT2D eigenvalue weighted by Crippen LogP contribution is -2.29. The van der Waals surface area contributed by atoms with Crippen molar-refractivity contribution in [1.82, 2.24) is 0 Å². The van der Waals surface area contributed by atoms with Crippen LogP contribution < -0.4 is 0 Å². The summed E-state index contributed by atoms with van der Waals surface area (Å²) in [6.07, 6.45) is 10.6. The van der Waals surface area contributed by atoms with E-state index in [1.165, 1.54) is 38.5 Å². The van der Waals surface area contributed by atoms with Crippen molar-refractivity contribution in [3.8, 4) is 0 Å². The minimum absolute atomic E-state index is 0.379. The molecule has 1 fully saturated rings. The molecule has 0 radical (unpaired) electrons. The van der Waals surface area contributed by atoms with E-state index in [4.69, 9.17) is 0 Å². The van der Waals surface area contributed by atoms with E-state index in [-0.39, 0.29) is 0 Å². The molecule has 1 aliphatic rings. The van der Waals surface area contributed by atoms with Crippen LogP contribution >= 0.6 is 0 Å². The summed E-state index contributed by atoms with van der Waals surface area (Å²) in [5.74, 6) is 2.40. The maximum absolute atomic E-state index is 12.5. The Morgan fingerprint density at radius 1 is 1.10 bits per heavy atom. The fourth-order valence-electron chi connectivity index (χ4n) is 3.68. The van der Waals surface area contributed by atoms with Gasteiger partial charge in [-0.25, -0.2) is 0 Å². The molecule has 0 aromatic carbocycles. The van der Waals surface area contributed by atoms with Crippen LogP contribution in [0.25, 0.3) is 0 Å². The van der Waals surface area contributed by atoms with Crippen LogP contribution in [0.5, 0.6) is 0 Å². The molecule has 1 rings (SSSR count). The second-order valence-electron chi connectivity index (χ2n) is 8.00. The predicted octanol–water partition coefficient (Wildman–Crippen LogP) is 6.01. The highest BCUT2D eigenvalue weighted by molar-refractivity contribution is 5.81. The standard InChI is InChI=1S/C19H36O/c1-6-8-9-15(7-2)14-18(20)16-10-12-17(13-11-16)19(3,4)5/h15-17H,6-14H2,1-5H3. The molecule has 1 unspecified atom stereocenters. The molecule has 0 aliphatic heterocycles. The Kier molecular flexibility index (Phi) is 7.26. The SMILES string of the molecule is CCCCC(CC)CC(=O)C1CCC(C(C)(C)C)CC1. The molecule has 1 aliphatic carbocycles. The van der Waals surface area contributed by atoms with Gasteiger partial charge in [0.05, 0.1) is 0 Å². The van der Waals surface area contributed by atoms with E-state index in [9.17, 15) is 4.79 Å². The fraction of sp³-hybridized carbons (Fsp3) is 0.947. The first kappa shape index (κ1) is 17.7. The summed E-state index contributed by atoms with van der Waals surface area (Å²) in [5.41, 5.74) is 0.418. The molecule has 0 spiro atoms. The topological polar surface area (TPSA) is 17.1 Å². The lowest BCUT2D eigenvalue weighted by molar-refractivity contribution is -0.125. The fourth-order valence-corrected chi connectivity index (χ4v) is 3.68. The first-order valence-corrected chi connectivity index (χ1v) is 8.91. The number of hydrogen-bond acceptors (Lipinski definition) is 1. The van der Waals surface area contributed by atoms with Crippen molar-refractivity contribution in [3.05, 3.63) is 0 Å². The molecule has 1 saturated carbocycles. The van der Waals surface area contributed by atoms with Gasteiger partial charge in [-0.3, -0.25) is 4.79 Å². The zero-order valence-corrected chi connectivity index (χ0v) is 14.5. The highest BCUT2D eigenvalue weighted by atomic mass is 16.1. The minimum atomic E-state index is 0.379. The van der Waals surface area contributed by atoms with Crippen molar-refractivity contribution in [2.75, 3.05) is 0 Å². The smallest absolute Gasteiger partial charge is 0.136 e. The first-order valence-electron chi connectivity index (χ1n) is 8.91. The number of rotatable bonds is 7. The van der Waals surface area contributed by atoms with Gasteiger partial charge in [0, 0.05) is 12.3 Å². The van der Waals surface area contributed by atoms with E-state index in [2.05, 4.69) is 34.6 Å². The van der Waals surface area contributed by atoms with Gasteiger partial charge in [-0.15, -0.1) is 0 Å². The summed E-state index contributed by atoms with van der Waals surface area (Å²) in [4.78, 5) is 12.5. The Hall–Kier alpha value is -0.330. The van der Waals surface area contributed by atoms with E-state index in [0.29, 0.717) is 23.0 Å². The molecule has 118 valence electrons. The molecule has 0 amide bonds. The Balaban J connectivity index is 2.38. The normalized spacial score (nSPS) is 25.4. The minimum Gasteiger partial charge on any atom is -0.299 e. The van der Waals surface area contributed by atoms with E-state index < -0.39 is 0 Å². The Morgan fingerprint density at radius 3 is 2.15 bits per heavy atom. The number of Topliss-reactive ketones (excluding diaryl/α,β-unsaturated/α-hetero) is 1. The summed E-state index contributed by atoms with van der Waals surface area (Å²) >= 11 is 0. The third-order valence-corrected chi connectivity index (χ3v) is 5.44. The van der Waals surface area contributed by atoms with Gasteiger partial charge in [0.1, 0.15) is 5.78 Å². The number of hydrogen-bond donors (Lipinski definition) is 0. The molecule has 0 aromatic rings. The van der Waals surface area contributed by atoms with Crippen molar-refractivity contribution >= 4 is 5.78 Å². The average molecular weight is 280 g/mol. The maximum atomic E-state index is 12.5. The third-order valence-electron chi connectivity index (χ3n) is 5.44. The van der Waals surface area contributed by atoms with Crippen LogP contribution in [0.4, 0.5) is 0 Å². The molecule has 1 nitrogen and oxygen atoms in total. The summed E-state index contributed by atoms with van der Waals surface area (Å²) in [5, 5.41) is 0. The Morgan fingerprint density at radius 2 is 1.70 bits per heavy atom. The van der Waals surface area contributed by atoms with Crippen molar-refractivity contribution in [3.63, 3.8) is 0 Å². The number of carbonyl (C=O) groups excluding carboxylic acids is 1. The number of carbonyl (C=O) groups is 1. The Bertz CT molecular complexity index is 279. The lowest BCUT2D eigenvalue weighted by atomic mass is 9.68. The molecule has 20 heavy (non-hydrogen) atoms. The molecule has 0 aromatic heterocycles. The van der Waals surface area contributed by atoms with Crippen LogP contribution in [-0.2, 0) is 4.79 Å². The summed E-state index contributed by atoms with van der Waals surface area (Å²) in [6.45, 7) is 11.5. The molecule has 1 atom stereocenters. The van der Waals surface area contributed by atoms with Gasteiger partial charge >= 0.3 is 0 Å². The van der Waals surface area contributed by atoms with Gasteiger partial charge in [0.15, 0.2) is 0 Å². The monoisotopic (exact) mass is 280 g/mol. The van der Waals surface area contributed by atoms with Gasteiger partial charge in [-0.05, 0) is 42.9 Å². The van der Waals surface area contributed by atoms with Gasteiger partial charge in [0.2, 0.25) is 0 Å². The van der Waals surface area contributed by atoms with Crippen LogP contribution in [0.15, 0.2) is 0 Å². The van der Waals surface area contributed by atoms with E-state index >= 15 is 0 Å². The van der Waals surface area contributed by atoms with Gasteiger partial charge in [-0.1, -0.05) is 60.3 Å². The Labute approximate surface area is 126 Å². The van der Waals surface area contributed by atoms with E-state index in [1.807, 2.05) is 0 Å². The zero-order valence-electron chi connectivity index (χ0n) is 14.5. The second-order valence-corrected chi connectivity index (χ2v) is 8.00. The van der Waals surface area contributed by atoms with Crippen LogP contribution in [0.3, 0.4) is 0 Å². The number of ketones is 1. The van der Waals surface area contributed by atoms with E-state index in [1.54, 1.807) is 0 Å². The largest absolute Gasteiger partial charge is 0.299 e. The van der Waals surface area contributed by atoms with Crippen LogP contribution in [0.2, 0.25) is 0 Å². The molecule has 0 heterocycles. The van der Waals surface area contributed by atoms with Gasteiger partial charge in [-0.2, -0.15) is 0 Å². The molecule has 0 bridgehead atoms. The molecule has 0 saturated heterocycles. The highest BCUT2D eigenvalue weighted by Crippen LogP contribution is 2.40. The van der Waals surface area contributed by atoms with Gasteiger partial charge in [0.25, 0.3) is 0 Å². The molecular formula is C19H36O. The third kappa shape index (κ3) is 5.58. The predicted molar refractivity (Wildman–Crippen MR) is 87.8 cm³/mol. The molecule has 0 N–H and O–H groups in total. The van der Waals surface area contributed by atoms with Gasteiger partial charge < -0.3 is 0 Å². The van der Waals surface area contributed by atoms with Crippen molar-refractivity contribution in [1.29, 1.82) is 0 Å². The quantitative estimate of drug-likeness (QED) is 0.557. The molecule has 1 heteroatoms. The van der Waals surface area contributed by atoms with Crippen molar-refractivity contribution < 1.29 is 4.79 Å². The van der Waals surface area contributed by atoms with Crippen LogP contribution in [-0.4, -0.2) is 5.78 Å². The van der Waals surface area contributed by atoms with Crippen LogP contribution in [0.1, 0.15) is 92.4 Å². The molecular weight excluding hydrogens is 244 g/mol. The summed E-state index contributed by atoms with van der Waals surface area (Å²) in [7, 11) is 0. The first-order chi connectivity index (χ1) is 9.38. The lowest BCUT2D eigenvalue weighted by Gasteiger charge is -2.36. The van der Waals surface area contributed by atoms with Crippen molar-refractivity contribution in [2.24, 2.45) is 23.2 Å². The van der Waals surface area contributed by atoms with Crippen molar-refractivity contribution in [2.45, 2.75) is 92.4 Å².